The third-order valence-corrected chi connectivity index (χ3v) is 3.81. The van der Waals surface area contributed by atoms with Gasteiger partial charge in [0.05, 0.1) is 6.10 Å². The van der Waals surface area contributed by atoms with E-state index in [2.05, 4.69) is 0 Å². The Morgan fingerprint density at radius 2 is 1.67 bits per heavy atom. The van der Waals surface area contributed by atoms with Crippen molar-refractivity contribution >= 4 is 0 Å². The van der Waals surface area contributed by atoms with Gasteiger partial charge in [-0.2, -0.15) is 0 Å². The molecule has 2 aliphatic rings. The Hall–Kier alpha value is -0.0800. The normalized spacial score (nSPS) is 33.4. The van der Waals surface area contributed by atoms with E-state index in [0.29, 0.717) is 12.1 Å². The van der Waals surface area contributed by atoms with Crippen LogP contribution < -0.4 is 5.73 Å². The second kappa shape index (κ2) is 5.86. The molecule has 0 bridgehead atoms. The summed E-state index contributed by atoms with van der Waals surface area (Å²) < 4.78 is 5.96. The SMILES string of the molecule is NC1CCCCCCC1OCCC1CC1. The molecule has 0 aromatic carbocycles. The summed E-state index contributed by atoms with van der Waals surface area (Å²) in [6.07, 6.45) is 12.2. The third-order valence-electron chi connectivity index (χ3n) is 3.81. The summed E-state index contributed by atoms with van der Waals surface area (Å²) in [6, 6.07) is 0.296. The van der Waals surface area contributed by atoms with Crippen molar-refractivity contribution in [2.75, 3.05) is 6.61 Å². The van der Waals surface area contributed by atoms with E-state index in [4.69, 9.17) is 10.5 Å². The molecule has 0 spiro atoms. The molecule has 0 aromatic rings. The lowest BCUT2D eigenvalue weighted by molar-refractivity contribution is 0.0198. The Kier molecular flexibility index (Phi) is 4.45. The first-order chi connectivity index (χ1) is 7.36. The number of hydrogen-bond donors (Lipinski definition) is 1. The molecule has 0 aromatic heterocycles. The molecule has 2 rings (SSSR count). The summed E-state index contributed by atoms with van der Waals surface area (Å²) in [5.41, 5.74) is 6.16. The Morgan fingerprint density at radius 1 is 0.933 bits per heavy atom. The number of ether oxygens (including phenoxy) is 1. The minimum absolute atomic E-state index is 0.296. The summed E-state index contributed by atoms with van der Waals surface area (Å²) >= 11 is 0. The lowest BCUT2D eigenvalue weighted by Crippen LogP contribution is -2.37. The molecule has 2 fully saturated rings. The quantitative estimate of drug-likeness (QED) is 0.776. The molecule has 2 unspecified atom stereocenters. The topological polar surface area (TPSA) is 35.2 Å². The molecule has 2 aliphatic carbocycles. The molecule has 0 amide bonds. The highest BCUT2D eigenvalue weighted by molar-refractivity contribution is 4.77. The van der Waals surface area contributed by atoms with Crippen LogP contribution in [0.5, 0.6) is 0 Å². The molecule has 2 nitrogen and oxygen atoms in total. The first-order valence-electron chi connectivity index (χ1n) is 6.73. The number of hydrogen-bond acceptors (Lipinski definition) is 2. The lowest BCUT2D eigenvalue weighted by atomic mass is 9.95. The Balaban J connectivity index is 1.65. The van der Waals surface area contributed by atoms with Gasteiger partial charge in [-0.1, -0.05) is 38.5 Å². The van der Waals surface area contributed by atoms with Gasteiger partial charge in [0, 0.05) is 12.6 Å². The Labute approximate surface area is 93.6 Å². The van der Waals surface area contributed by atoms with E-state index in [1.807, 2.05) is 0 Å². The van der Waals surface area contributed by atoms with Crippen LogP contribution >= 0.6 is 0 Å². The standard InChI is InChI=1S/C13H25NO/c14-12-5-3-1-2-4-6-13(12)15-10-9-11-7-8-11/h11-13H,1-10,14H2. The number of nitrogens with two attached hydrogens (primary N) is 1. The van der Waals surface area contributed by atoms with Crippen LogP contribution in [0.25, 0.3) is 0 Å². The zero-order valence-electron chi connectivity index (χ0n) is 9.79. The molecule has 2 heteroatoms. The highest BCUT2D eigenvalue weighted by Crippen LogP contribution is 2.32. The van der Waals surface area contributed by atoms with Crippen LogP contribution in [-0.4, -0.2) is 18.8 Å². The third kappa shape index (κ3) is 4.12. The van der Waals surface area contributed by atoms with E-state index in [0.717, 1.165) is 18.9 Å². The molecule has 2 saturated carbocycles. The summed E-state index contributed by atoms with van der Waals surface area (Å²) in [5, 5.41) is 0. The van der Waals surface area contributed by atoms with Crippen LogP contribution in [0.3, 0.4) is 0 Å². The summed E-state index contributed by atoms with van der Waals surface area (Å²) in [6.45, 7) is 0.947. The molecule has 2 N–H and O–H groups in total. The lowest BCUT2D eigenvalue weighted by Gasteiger charge is -2.26. The fourth-order valence-electron chi connectivity index (χ4n) is 2.48. The van der Waals surface area contributed by atoms with Crippen molar-refractivity contribution in [2.24, 2.45) is 11.7 Å². The van der Waals surface area contributed by atoms with Gasteiger partial charge >= 0.3 is 0 Å². The van der Waals surface area contributed by atoms with E-state index in [1.54, 1.807) is 0 Å². The maximum atomic E-state index is 6.16. The zero-order chi connectivity index (χ0) is 10.5. The summed E-state index contributed by atoms with van der Waals surface area (Å²) in [5.74, 6) is 0.981. The van der Waals surface area contributed by atoms with Crippen molar-refractivity contribution in [1.82, 2.24) is 0 Å². The summed E-state index contributed by atoms with van der Waals surface area (Å²) in [4.78, 5) is 0. The maximum absolute atomic E-state index is 6.16. The fourth-order valence-corrected chi connectivity index (χ4v) is 2.48. The van der Waals surface area contributed by atoms with Crippen LogP contribution in [0.15, 0.2) is 0 Å². The molecule has 0 aliphatic heterocycles. The molecule has 88 valence electrons. The second-order valence-electron chi connectivity index (χ2n) is 5.30. The van der Waals surface area contributed by atoms with Crippen molar-refractivity contribution in [3.63, 3.8) is 0 Å². The van der Waals surface area contributed by atoms with Gasteiger partial charge in [-0.3, -0.25) is 0 Å². The van der Waals surface area contributed by atoms with Crippen molar-refractivity contribution in [3.8, 4) is 0 Å². The molecular formula is C13H25NO. The van der Waals surface area contributed by atoms with Crippen LogP contribution in [0.1, 0.15) is 57.8 Å². The highest BCUT2D eigenvalue weighted by atomic mass is 16.5. The van der Waals surface area contributed by atoms with E-state index in [9.17, 15) is 0 Å². The smallest absolute Gasteiger partial charge is 0.0725 e. The predicted octanol–water partition coefficient (Wildman–Crippen LogP) is 2.85. The first kappa shape index (κ1) is 11.4. The molecule has 0 saturated heterocycles. The predicted molar refractivity (Wildman–Crippen MR) is 62.8 cm³/mol. The monoisotopic (exact) mass is 211 g/mol. The summed E-state index contributed by atoms with van der Waals surface area (Å²) in [7, 11) is 0. The first-order valence-corrected chi connectivity index (χ1v) is 6.73. The average molecular weight is 211 g/mol. The largest absolute Gasteiger partial charge is 0.377 e. The molecule has 15 heavy (non-hydrogen) atoms. The number of rotatable bonds is 4. The van der Waals surface area contributed by atoms with Gasteiger partial charge in [-0.25, -0.2) is 0 Å². The van der Waals surface area contributed by atoms with Gasteiger partial charge in [0.1, 0.15) is 0 Å². The van der Waals surface area contributed by atoms with Gasteiger partial charge in [0.2, 0.25) is 0 Å². The van der Waals surface area contributed by atoms with Gasteiger partial charge < -0.3 is 10.5 Å². The van der Waals surface area contributed by atoms with E-state index >= 15 is 0 Å². The molecule has 0 radical (unpaired) electrons. The van der Waals surface area contributed by atoms with E-state index in [-0.39, 0.29) is 0 Å². The van der Waals surface area contributed by atoms with Crippen molar-refractivity contribution in [3.05, 3.63) is 0 Å². The van der Waals surface area contributed by atoms with Crippen molar-refractivity contribution < 1.29 is 4.74 Å². The van der Waals surface area contributed by atoms with Gasteiger partial charge in [-0.15, -0.1) is 0 Å². The Bertz CT molecular complexity index is 179. The van der Waals surface area contributed by atoms with Crippen molar-refractivity contribution in [1.29, 1.82) is 0 Å². The highest BCUT2D eigenvalue weighted by Gasteiger charge is 2.23. The molecular weight excluding hydrogens is 186 g/mol. The van der Waals surface area contributed by atoms with Crippen LogP contribution in [0.2, 0.25) is 0 Å². The van der Waals surface area contributed by atoms with Gasteiger partial charge in [0.25, 0.3) is 0 Å². The van der Waals surface area contributed by atoms with E-state index < -0.39 is 0 Å². The molecule has 0 heterocycles. The van der Waals surface area contributed by atoms with Gasteiger partial charge in [0.15, 0.2) is 0 Å². The van der Waals surface area contributed by atoms with Crippen LogP contribution in [0, 0.1) is 5.92 Å². The Morgan fingerprint density at radius 3 is 2.40 bits per heavy atom. The minimum atomic E-state index is 0.296. The van der Waals surface area contributed by atoms with Gasteiger partial charge in [-0.05, 0) is 25.2 Å². The van der Waals surface area contributed by atoms with E-state index in [1.165, 1.54) is 51.4 Å². The second-order valence-corrected chi connectivity index (χ2v) is 5.30. The molecule has 2 atom stereocenters. The zero-order valence-corrected chi connectivity index (χ0v) is 9.79. The van der Waals surface area contributed by atoms with Crippen LogP contribution in [0.4, 0.5) is 0 Å². The van der Waals surface area contributed by atoms with Crippen LogP contribution in [-0.2, 0) is 4.74 Å². The maximum Gasteiger partial charge on any atom is 0.0725 e. The minimum Gasteiger partial charge on any atom is -0.377 e. The van der Waals surface area contributed by atoms with Crippen molar-refractivity contribution in [2.45, 2.75) is 69.9 Å². The fraction of sp³-hybridized carbons (Fsp3) is 1.00. The average Bonchev–Trinajstić information content (AvgIpc) is 3.00.